The van der Waals surface area contributed by atoms with Crippen LogP contribution in [0.1, 0.15) is 25.7 Å². The first-order valence-electron chi connectivity index (χ1n) is 6.97. The summed E-state index contributed by atoms with van der Waals surface area (Å²) in [5.74, 6) is 0.964. The van der Waals surface area contributed by atoms with Crippen LogP contribution in [0.2, 0.25) is 0 Å². The average Bonchev–Trinajstić information content (AvgIpc) is 3.10. The summed E-state index contributed by atoms with van der Waals surface area (Å²) in [7, 11) is 2.23. The van der Waals surface area contributed by atoms with Crippen molar-refractivity contribution in [3.8, 4) is 0 Å². The van der Waals surface area contributed by atoms with Gasteiger partial charge in [-0.05, 0) is 31.3 Å². The Morgan fingerprint density at radius 3 is 3.05 bits per heavy atom. The fraction of sp³-hybridized carbons (Fsp3) is 0.571. The van der Waals surface area contributed by atoms with E-state index in [0.29, 0.717) is 0 Å². The zero-order valence-electron chi connectivity index (χ0n) is 11.3. The average molecular weight is 276 g/mol. The molecule has 2 aromatic heterocycles. The summed E-state index contributed by atoms with van der Waals surface area (Å²) in [4.78, 5) is 12.1. The number of nitrogens with zero attached hydrogens (tertiary/aromatic N) is 3. The van der Waals surface area contributed by atoms with Gasteiger partial charge < -0.3 is 10.2 Å². The number of fused-ring (bicyclic) bond motifs is 1. The van der Waals surface area contributed by atoms with E-state index in [2.05, 4.69) is 38.7 Å². The molecule has 102 valence electrons. The Bertz CT molecular complexity index is 533. The molecule has 1 aliphatic rings. The van der Waals surface area contributed by atoms with Crippen molar-refractivity contribution in [3.05, 3.63) is 17.8 Å². The Morgan fingerprint density at radius 2 is 2.21 bits per heavy atom. The predicted molar refractivity (Wildman–Crippen MR) is 80.8 cm³/mol. The van der Waals surface area contributed by atoms with Gasteiger partial charge in [-0.2, -0.15) is 0 Å². The lowest BCUT2D eigenvalue weighted by Gasteiger charge is -2.24. The van der Waals surface area contributed by atoms with Gasteiger partial charge in [0.15, 0.2) is 0 Å². The van der Waals surface area contributed by atoms with Gasteiger partial charge in [0, 0.05) is 19.1 Å². The van der Waals surface area contributed by atoms with Gasteiger partial charge >= 0.3 is 0 Å². The van der Waals surface area contributed by atoms with E-state index in [-0.39, 0.29) is 0 Å². The van der Waals surface area contributed by atoms with Gasteiger partial charge in [0.05, 0.1) is 5.39 Å². The van der Waals surface area contributed by atoms with E-state index in [9.17, 15) is 0 Å². The first-order chi connectivity index (χ1) is 9.34. The Hall–Kier alpha value is -1.20. The quantitative estimate of drug-likeness (QED) is 0.911. The molecule has 2 heterocycles. The van der Waals surface area contributed by atoms with Crippen LogP contribution in [0.5, 0.6) is 0 Å². The molecule has 19 heavy (non-hydrogen) atoms. The van der Waals surface area contributed by atoms with Crippen LogP contribution in [-0.2, 0) is 0 Å². The SMILES string of the molecule is CN(CCNc1ncnc2sccc12)C1CCCC1. The van der Waals surface area contributed by atoms with Crippen molar-refractivity contribution >= 4 is 27.4 Å². The summed E-state index contributed by atoms with van der Waals surface area (Å²) in [5, 5.41) is 6.64. The molecule has 1 N–H and O–H groups in total. The van der Waals surface area contributed by atoms with Crippen molar-refractivity contribution < 1.29 is 0 Å². The lowest BCUT2D eigenvalue weighted by Crippen LogP contribution is -2.33. The lowest BCUT2D eigenvalue weighted by molar-refractivity contribution is 0.254. The molecule has 0 aromatic carbocycles. The van der Waals surface area contributed by atoms with Crippen LogP contribution in [0.4, 0.5) is 5.82 Å². The molecule has 2 aromatic rings. The molecule has 0 atom stereocenters. The van der Waals surface area contributed by atoms with Crippen molar-refractivity contribution in [1.29, 1.82) is 0 Å². The minimum atomic E-state index is 0.786. The summed E-state index contributed by atoms with van der Waals surface area (Å²) < 4.78 is 0. The fourth-order valence-corrected chi connectivity index (χ4v) is 3.54. The van der Waals surface area contributed by atoms with E-state index in [4.69, 9.17) is 0 Å². The van der Waals surface area contributed by atoms with E-state index in [0.717, 1.165) is 35.2 Å². The Morgan fingerprint density at radius 1 is 1.37 bits per heavy atom. The van der Waals surface area contributed by atoms with Gasteiger partial charge in [-0.15, -0.1) is 11.3 Å². The van der Waals surface area contributed by atoms with Gasteiger partial charge in [0.25, 0.3) is 0 Å². The van der Waals surface area contributed by atoms with Crippen LogP contribution in [0, 0.1) is 0 Å². The second-order valence-corrected chi connectivity index (χ2v) is 6.10. The first-order valence-corrected chi connectivity index (χ1v) is 7.85. The second-order valence-electron chi connectivity index (χ2n) is 5.21. The zero-order valence-corrected chi connectivity index (χ0v) is 12.1. The summed E-state index contributed by atoms with van der Waals surface area (Å²) in [6, 6.07) is 2.87. The highest BCUT2D eigenvalue weighted by Crippen LogP contribution is 2.24. The van der Waals surface area contributed by atoms with Gasteiger partial charge in [-0.1, -0.05) is 12.8 Å². The van der Waals surface area contributed by atoms with Crippen molar-refractivity contribution in [1.82, 2.24) is 14.9 Å². The van der Waals surface area contributed by atoms with Crippen molar-refractivity contribution in [2.75, 3.05) is 25.5 Å². The van der Waals surface area contributed by atoms with E-state index in [1.54, 1.807) is 17.7 Å². The first kappa shape index (κ1) is 12.8. The number of hydrogen-bond donors (Lipinski definition) is 1. The predicted octanol–water partition coefficient (Wildman–Crippen LogP) is 2.98. The molecule has 0 aliphatic heterocycles. The highest BCUT2D eigenvalue weighted by atomic mass is 32.1. The third kappa shape index (κ3) is 2.87. The normalized spacial score (nSPS) is 16.5. The Kier molecular flexibility index (Phi) is 3.94. The third-order valence-corrected chi connectivity index (χ3v) is 4.79. The van der Waals surface area contributed by atoms with Gasteiger partial charge in [-0.3, -0.25) is 0 Å². The van der Waals surface area contributed by atoms with Gasteiger partial charge in [0.2, 0.25) is 0 Å². The standard InChI is InChI=1S/C14H20N4S/c1-18(11-4-2-3-5-11)8-7-15-13-12-6-9-19-14(12)17-10-16-13/h6,9-11H,2-5,7-8H2,1H3,(H,15,16,17). The molecule has 1 fully saturated rings. The molecule has 0 unspecified atom stereocenters. The molecule has 0 radical (unpaired) electrons. The maximum absolute atomic E-state index is 4.34. The smallest absolute Gasteiger partial charge is 0.138 e. The summed E-state index contributed by atoms with van der Waals surface area (Å²) in [5.41, 5.74) is 0. The molecule has 1 saturated carbocycles. The van der Waals surface area contributed by atoms with Crippen LogP contribution >= 0.6 is 11.3 Å². The largest absolute Gasteiger partial charge is 0.368 e. The van der Waals surface area contributed by atoms with Gasteiger partial charge in [-0.25, -0.2) is 9.97 Å². The fourth-order valence-electron chi connectivity index (χ4n) is 2.81. The van der Waals surface area contributed by atoms with Gasteiger partial charge in [0.1, 0.15) is 17.0 Å². The maximum atomic E-state index is 4.34. The number of thiophene rings is 1. The molecule has 0 spiro atoms. The van der Waals surface area contributed by atoms with Crippen molar-refractivity contribution in [2.24, 2.45) is 0 Å². The van der Waals surface area contributed by atoms with Crippen molar-refractivity contribution in [2.45, 2.75) is 31.7 Å². The maximum Gasteiger partial charge on any atom is 0.138 e. The van der Waals surface area contributed by atoms with Crippen LogP contribution in [0.25, 0.3) is 10.2 Å². The molecule has 0 bridgehead atoms. The number of aromatic nitrogens is 2. The van der Waals surface area contributed by atoms with E-state index < -0.39 is 0 Å². The summed E-state index contributed by atoms with van der Waals surface area (Å²) >= 11 is 1.66. The topological polar surface area (TPSA) is 41.0 Å². The van der Waals surface area contributed by atoms with E-state index in [1.807, 2.05) is 0 Å². The molecular weight excluding hydrogens is 256 g/mol. The second kappa shape index (κ2) is 5.84. The Labute approximate surface area is 117 Å². The number of anilines is 1. The number of likely N-dealkylation sites (N-methyl/N-ethyl adjacent to an activating group) is 1. The summed E-state index contributed by atoms with van der Waals surface area (Å²) in [6.45, 7) is 2.01. The molecule has 0 amide bonds. The highest BCUT2D eigenvalue weighted by Gasteiger charge is 2.18. The van der Waals surface area contributed by atoms with Crippen LogP contribution in [0.15, 0.2) is 17.8 Å². The lowest BCUT2D eigenvalue weighted by atomic mass is 10.2. The molecule has 0 saturated heterocycles. The van der Waals surface area contributed by atoms with E-state index >= 15 is 0 Å². The molecule has 4 nitrogen and oxygen atoms in total. The molecule has 1 aliphatic carbocycles. The number of hydrogen-bond acceptors (Lipinski definition) is 5. The van der Waals surface area contributed by atoms with Crippen LogP contribution in [-0.4, -0.2) is 41.0 Å². The highest BCUT2D eigenvalue weighted by molar-refractivity contribution is 7.16. The summed E-state index contributed by atoms with van der Waals surface area (Å²) in [6.07, 6.45) is 7.15. The Balaban J connectivity index is 1.55. The monoisotopic (exact) mass is 276 g/mol. The third-order valence-electron chi connectivity index (χ3n) is 3.97. The van der Waals surface area contributed by atoms with Crippen LogP contribution in [0.3, 0.4) is 0 Å². The zero-order chi connectivity index (χ0) is 13.1. The molecular formula is C14H20N4S. The van der Waals surface area contributed by atoms with E-state index in [1.165, 1.54) is 25.7 Å². The molecule has 5 heteroatoms. The van der Waals surface area contributed by atoms with Crippen LogP contribution < -0.4 is 5.32 Å². The molecule has 3 rings (SSSR count). The minimum absolute atomic E-state index is 0.786. The van der Waals surface area contributed by atoms with Crippen molar-refractivity contribution in [3.63, 3.8) is 0 Å². The number of rotatable bonds is 5. The minimum Gasteiger partial charge on any atom is -0.368 e. The number of nitrogens with one attached hydrogen (secondary N) is 1.